The molecule has 2 N–H and O–H groups in total. The van der Waals surface area contributed by atoms with Crippen molar-refractivity contribution in [2.24, 2.45) is 0 Å². The smallest absolute Gasteiger partial charge is 0.274 e. The Morgan fingerprint density at radius 2 is 2.39 bits per heavy atom. The number of nitro groups is 1. The summed E-state index contributed by atoms with van der Waals surface area (Å²) in [5, 5.41) is 17.5. The molecular weight excluding hydrogens is 298 g/mol. The van der Waals surface area contributed by atoms with E-state index in [1.165, 1.54) is 6.42 Å². The van der Waals surface area contributed by atoms with Crippen molar-refractivity contribution in [3.63, 3.8) is 0 Å². The summed E-state index contributed by atoms with van der Waals surface area (Å²) in [7, 11) is 0. The Bertz CT molecular complexity index is 459. The van der Waals surface area contributed by atoms with Gasteiger partial charge < -0.3 is 10.6 Å². The Morgan fingerprint density at radius 3 is 3.00 bits per heavy atom. The predicted molar refractivity (Wildman–Crippen MR) is 75.0 cm³/mol. The van der Waals surface area contributed by atoms with Crippen molar-refractivity contribution in [1.29, 1.82) is 0 Å². The Morgan fingerprint density at radius 1 is 1.61 bits per heavy atom. The van der Waals surface area contributed by atoms with Crippen molar-refractivity contribution in [2.75, 3.05) is 18.4 Å². The topological polar surface area (TPSA) is 67.2 Å². The molecular formula is C12H16BrN3O2. The number of rotatable bonds is 4. The fraction of sp³-hybridized carbons (Fsp3) is 0.500. The molecule has 0 radical (unpaired) electrons. The van der Waals surface area contributed by atoms with E-state index in [4.69, 9.17) is 0 Å². The van der Waals surface area contributed by atoms with Gasteiger partial charge in [0.1, 0.15) is 0 Å². The van der Waals surface area contributed by atoms with Gasteiger partial charge in [-0.3, -0.25) is 10.1 Å². The lowest BCUT2D eigenvalue weighted by Gasteiger charge is -2.14. The maximum atomic E-state index is 10.9. The van der Waals surface area contributed by atoms with E-state index in [1.54, 1.807) is 19.1 Å². The molecule has 1 fully saturated rings. The lowest BCUT2D eigenvalue weighted by molar-refractivity contribution is -0.385. The van der Waals surface area contributed by atoms with E-state index in [2.05, 4.69) is 26.6 Å². The van der Waals surface area contributed by atoms with Gasteiger partial charge in [-0.15, -0.1) is 0 Å². The molecule has 2 rings (SSSR count). The van der Waals surface area contributed by atoms with Crippen molar-refractivity contribution in [3.05, 3.63) is 32.3 Å². The number of benzene rings is 1. The van der Waals surface area contributed by atoms with Crippen LogP contribution in [0.5, 0.6) is 0 Å². The van der Waals surface area contributed by atoms with Gasteiger partial charge in [0.05, 0.1) is 10.6 Å². The summed E-state index contributed by atoms with van der Waals surface area (Å²) in [6.07, 6.45) is 2.35. The minimum Gasteiger partial charge on any atom is -0.382 e. The number of nitro benzene ring substituents is 1. The van der Waals surface area contributed by atoms with Gasteiger partial charge in [0.2, 0.25) is 0 Å². The van der Waals surface area contributed by atoms with Gasteiger partial charge in [0.15, 0.2) is 0 Å². The first-order chi connectivity index (χ1) is 8.58. The Balaban J connectivity index is 2.11. The van der Waals surface area contributed by atoms with Crippen molar-refractivity contribution in [2.45, 2.75) is 25.8 Å². The van der Waals surface area contributed by atoms with Crippen LogP contribution in [0, 0.1) is 17.0 Å². The van der Waals surface area contributed by atoms with Crippen LogP contribution in [0.1, 0.15) is 18.4 Å². The molecule has 1 aliphatic rings. The Labute approximate surface area is 114 Å². The van der Waals surface area contributed by atoms with Gasteiger partial charge in [-0.05, 0) is 48.3 Å². The zero-order valence-corrected chi connectivity index (χ0v) is 11.8. The number of anilines is 1. The van der Waals surface area contributed by atoms with Gasteiger partial charge in [-0.25, -0.2) is 0 Å². The fourth-order valence-corrected chi connectivity index (χ4v) is 2.76. The summed E-state index contributed by atoms with van der Waals surface area (Å²) in [6, 6.07) is 3.83. The molecule has 98 valence electrons. The molecule has 5 nitrogen and oxygen atoms in total. The lowest BCUT2D eigenvalue weighted by atomic mass is 10.1. The molecule has 1 heterocycles. The summed E-state index contributed by atoms with van der Waals surface area (Å²) in [5.74, 6) is 0. The number of hydrogen-bond donors (Lipinski definition) is 2. The van der Waals surface area contributed by atoms with Crippen molar-refractivity contribution >= 4 is 27.3 Å². The second-order valence-corrected chi connectivity index (χ2v) is 5.40. The van der Waals surface area contributed by atoms with E-state index >= 15 is 0 Å². The van der Waals surface area contributed by atoms with Gasteiger partial charge in [0, 0.05) is 28.7 Å². The lowest BCUT2D eigenvalue weighted by Crippen LogP contribution is -2.29. The highest BCUT2D eigenvalue weighted by molar-refractivity contribution is 9.10. The van der Waals surface area contributed by atoms with E-state index in [-0.39, 0.29) is 10.6 Å². The largest absolute Gasteiger partial charge is 0.382 e. The molecule has 0 aliphatic carbocycles. The predicted octanol–water partition coefficient (Wildman–Crippen LogP) is 2.83. The van der Waals surface area contributed by atoms with E-state index in [0.717, 1.165) is 29.7 Å². The number of nitrogens with one attached hydrogen (secondary N) is 2. The summed E-state index contributed by atoms with van der Waals surface area (Å²) >= 11 is 3.43. The Kier molecular flexibility index (Phi) is 4.19. The minimum absolute atomic E-state index is 0.153. The maximum Gasteiger partial charge on any atom is 0.274 e. The van der Waals surface area contributed by atoms with E-state index in [1.807, 2.05) is 0 Å². The van der Waals surface area contributed by atoms with Gasteiger partial charge >= 0.3 is 0 Å². The molecule has 6 heteroatoms. The second-order valence-electron chi connectivity index (χ2n) is 4.55. The molecule has 0 bridgehead atoms. The molecule has 0 saturated carbocycles. The first kappa shape index (κ1) is 13.3. The average molecular weight is 314 g/mol. The van der Waals surface area contributed by atoms with Crippen LogP contribution in [0.3, 0.4) is 0 Å². The van der Waals surface area contributed by atoms with Crippen LogP contribution in [0.4, 0.5) is 11.4 Å². The van der Waals surface area contributed by atoms with Crippen LogP contribution in [0.25, 0.3) is 0 Å². The van der Waals surface area contributed by atoms with Crippen LogP contribution in [-0.2, 0) is 0 Å². The summed E-state index contributed by atoms with van der Waals surface area (Å²) in [4.78, 5) is 10.5. The minimum atomic E-state index is -0.346. The van der Waals surface area contributed by atoms with E-state index in [9.17, 15) is 10.1 Å². The van der Waals surface area contributed by atoms with Crippen molar-refractivity contribution in [3.8, 4) is 0 Å². The van der Waals surface area contributed by atoms with Crippen LogP contribution >= 0.6 is 15.9 Å². The maximum absolute atomic E-state index is 10.9. The highest BCUT2D eigenvalue weighted by atomic mass is 79.9. The quantitative estimate of drug-likeness (QED) is 0.662. The Hall–Kier alpha value is -1.14. The summed E-state index contributed by atoms with van der Waals surface area (Å²) < 4.78 is 0.864. The molecule has 1 aromatic carbocycles. The number of aryl methyl sites for hydroxylation is 1. The molecule has 18 heavy (non-hydrogen) atoms. The zero-order valence-electron chi connectivity index (χ0n) is 10.2. The second kappa shape index (κ2) is 5.67. The standard InChI is InChI=1S/C12H16BrN3O2/c1-8-5-10(13)11(6-12(8)16(17)18)15-7-9-3-2-4-14-9/h5-6,9,14-15H,2-4,7H2,1H3. The zero-order chi connectivity index (χ0) is 13.1. The fourth-order valence-electron chi connectivity index (χ4n) is 2.16. The van der Waals surface area contributed by atoms with E-state index in [0.29, 0.717) is 11.6 Å². The SMILES string of the molecule is Cc1cc(Br)c(NCC2CCCN2)cc1[N+](=O)[O-]. The first-order valence-electron chi connectivity index (χ1n) is 5.99. The third kappa shape index (κ3) is 3.00. The van der Waals surface area contributed by atoms with Gasteiger partial charge in [-0.1, -0.05) is 0 Å². The van der Waals surface area contributed by atoms with Crippen molar-refractivity contribution in [1.82, 2.24) is 5.32 Å². The normalized spacial score (nSPS) is 18.9. The molecule has 1 aliphatic heterocycles. The van der Waals surface area contributed by atoms with Gasteiger partial charge in [-0.2, -0.15) is 0 Å². The van der Waals surface area contributed by atoms with Crippen molar-refractivity contribution < 1.29 is 4.92 Å². The molecule has 0 spiro atoms. The van der Waals surface area contributed by atoms with Crippen LogP contribution in [0.2, 0.25) is 0 Å². The molecule has 1 unspecified atom stereocenters. The molecule has 1 saturated heterocycles. The number of hydrogen-bond acceptors (Lipinski definition) is 4. The van der Waals surface area contributed by atoms with Crippen LogP contribution < -0.4 is 10.6 Å². The third-order valence-electron chi connectivity index (χ3n) is 3.18. The molecule has 1 atom stereocenters. The molecule has 0 aromatic heterocycles. The van der Waals surface area contributed by atoms with E-state index < -0.39 is 0 Å². The number of halogens is 1. The van der Waals surface area contributed by atoms with Crippen LogP contribution in [0.15, 0.2) is 16.6 Å². The highest BCUT2D eigenvalue weighted by Crippen LogP contribution is 2.30. The first-order valence-corrected chi connectivity index (χ1v) is 6.79. The third-order valence-corrected chi connectivity index (χ3v) is 3.84. The van der Waals surface area contributed by atoms with Gasteiger partial charge in [0.25, 0.3) is 5.69 Å². The average Bonchev–Trinajstić information content (AvgIpc) is 2.80. The molecule has 1 aromatic rings. The summed E-state index contributed by atoms with van der Waals surface area (Å²) in [6.45, 7) is 3.59. The monoisotopic (exact) mass is 313 g/mol. The number of nitrogens with zero attached hydrogens (tertiary/aromatic N) is 1. The van der Waals surface area contributed by atoms with Crippen LogP contribution in [-0.4, -0.2) is 24.1 Å². The molecule has 0 amide bonds. The summed E-state index contributed by atoms with van der Waals surface area (Å²) in [5.41, 5.74) is 1.59. The highest BCUT2D eigenvalue weighted by Gasteiger charge is 2.17.